The number of nitrogens with zero attached hydrogens (tertiary/aromatic N) is 2. The highest BCUT2D eigenvalue weighted by Crippen LogP contribution is 2.62. The number of rotatable bonds is 4. The van der Waals surface area contributed by atoms with Gasteiger partial charge in [0.15, 0.2) is 0 Å². The quantitative estimate of drug-likeness (QED) is 0.866. The molecule has 1 N–H and O–H groups in total. The summed E-state index contributed by atoms with van der Waals surface area (Å²) in [6.07, 6.45) is 6.70. The van der Waals surface area contributed by atoms with E-state index < -0.39 is 0 Å². The topological polar surface area (TPSA) is 56.1 Å². The second-order valence-corrected chi connectivity index (χ2v) is 8.27. The van der Waals surface area contributed by atoms with Gasteiger partial charge in [0.1, 0.15) is 0 Å². The Balaban J connectivity index is 1.54. The van der Waals surface area contributed by atoms with E-state index in [9.17, 15) is 4.79 Å². The molecule has 23 heavy (non-hydrogen) atoms. The molecule has 0 radical (unpaired) electrons. The lowest BCUT2D eigenvalue weighted by Crippen LogP contribution is -2.63. The maximum atomic E-state index is 12.5. The Kier molecular flexibility index (Phi) is 3.34. The van der Waals surface area contributed by atoms with Crippen molar-refractivity contribution < 1.29 is 9.53 Å². The first-order valence-electron chi connectivity index (χ1n) is 8.77. The molecule has 1 aromatic rings. The van der Waals surface area contributed by atoms with Gasteiger partial charge in [-0.3, -0.25) is 9.48 Å². The average Bonchev–Trinajstić information content (AvgIpc) is 2.82. The number of carbonyl (C=O) groups excluding carboxylic acids is 1. The van der Waals surface area contributed by atoms with Crippen molar-refractivity contribution in [2.75, 3.05) is 7.11 Å². The molecule has 0 spiro atoms. The van der Waals surface area contributed by atoms with Crippen LogP contribution in [0.5, 0.6) is 0 Å². The molecule has 4 bridgehead atoms. The van der Waals surface area contributed by atoms with E-state index in [4.69, 9.17) is 4.74 Å². The Morgan fingerprint density at radius 2 is 2.09 bits per heavy atom. The lowest BCUT2D eigenvalue weighted by atomic mass is 9.47. The minimum atomic E-state index is -0.230. The number of nitrogens with one attached hydrogen (secondary N) is 1. The van der Waals surface area contributed by atoms with Gasteiger partial charge >= 0.3 is 5.97 Å². The molecule has 4 fully saturated rings. The zero-order valence-corrected chi connectivity index (χ0v) is 14.4. The van der Waals surface area contributed by atoms with Gasteiger partial charge in [-0.05, 0) is 63.4 Å². The number of hydrogen-bond acceptors (Lipinski definition) is 4. The third kappa shape index (κ3) is 2.40. The van der Waals surface area contributed by atoms with E-state index in [2.05, 4.69) is 23.4 Å². The predicted octanol–water partition coefficient (Wildman–Crippen LogP) is 2.33. The zero-order chi connectivity index (χ0) is 16.2. The Morgan fingerprint density at radius 1 is 1.39 bits per heavy atom. The second-order valence-electron chi connectivity index (χ2n) is 8.27. The Bertz CT molecular complexity index is 603. The van der Waals surface area contributed by atoms with Crippen molar-refractivity contribution in [2.24, 2.45) is 24.3 Å². The molecule has 1 aromatic heterocycles. The molecule has 0 aliphatic heterocycles. The van der Waals surface area contributed by atoms with Crippen LogP contribution in [0.1, 0.15) is 49.9 Å². The molecule has 126 valence electrons. The van der Waals surface area contributed by atoms with E-state index in [1.54, 1.807) is 0 Å². The third-order valence-corrected chi connectivity index (χ3v) is 6.49. The normalized spacial score (nSPS) is 38.0. The number of aryl methyl sites for hydroxylation is 2. The van der Waals surface area contributed by atoms with Crippen molar-refractivity contribution in [3.63, 3.8) is 0 Å². The maximum Gasteiger partial charge on any atom is 0.311 e. The molecule has 5 nitrogen and oxygen atoms in total. The van der Waals surface area contributed by atoms with Crippen LogP contribution in [0.3, 0.4) is 0 Å². The predicted molar refractivity (Wildman–Crippen MR) is 86.6 cm³/mol. The number of esters is 1. The third-order valence-electron chi connectivity index (χ3n) is 6.49. The molecule has 4 aliphatic rings. The summed E-state index contributed by atoms with van der Waals surface area (Å²) in [7, 11) is 3.52. The first-order valence-corrected chi connectivity index (χ1v) is 8.77. The molecule has 4 aliphatic carbocycles. The van der Waals surface area contributed by atoms with Crippen molar-refractivity contribution in [2.45, 2.75) is 57.5 Å². The molecule has 0 aromatic carbocycles. The van der Waals surface area contributed by atoms with Gasteiger partial charge in [-0.1, -0.05) is 0 Å². The van der Waals surface area contributed by atoms with E-state index in [1.807, 2.05) is 11.7 Å². The minimum Gasteiger partial charge on any atom is -0.469 e. The van der Waals surface area contributed by atoms with Gasteiger partial charge in [0.25, 0.3) is 0 Å². The molecular formula is C18H27N3O2. The van der Waals surface area contributed by atoms with Gasteiger partial charge in [-0.15, -0.1) is 0 Å². The molecular weight excluding hydrogens is 290 g/mol. The summed E-state index contributed by atoms with van der Waals surface area (Å²) in [5.74, 6) is 1.37. The highest BCUT2D eigenvalue weighted by Gasteiger charge is 2.61. The van der Waals surface area contributed by atoms with Crippen LogP contribution in [0.25, 0.3) is 0 Å². The maximum absolute atomic E-state index is 12.5. The molecule has 2 atom stereocenters. The van der Waals surface area contributed by atoms with Crippen molar-refractivity contribution in [3.05, 3.63) is 17.5 Å². The van der Waals surface area contributed by atoms with E-state index in [-0.39, 0.29) is 16.9 Å². The van der Waals surface area contributed by atoms with Crippen molar-refractivity contribution in [3.8, 4) is 0 Å². The Labute approximate surface area is 137 Å². The first kappa shape index (κ1) is 15.2. The lowest BCUT2D eigenvalue weighted by molar-refractivity contribution is -0.172. The zero-order valence-electron chi connectivity index (χ0n) is 14.4. The fourth-order valence-corrected chi connectivity index (χ4v) is 5.92. The van der Waals surface area contributed by atoms with Gasteiger partial charge in [0.2, 0.25) is 0 Å². The van der Waals surface area contributed by atoms with Crippen molar-refractivity contribution in [1.82, 2.24) is 15.1 Å². The SMILES string of the molecule is COC(=O)C12CC3CC(CC(NCc4cc(C)n(C)n4)(C3)C1)C2. The Morgan fingerprint density at radius 3 is 2.65 bits per heavy atom. The van der Waals surface area contributed by atoms with Crippen molar-refractivity contribution >= 4 is 5.97 Å². The van der Waals surface area contributed by atoms with Gasteiger partial charge in [-0.2, -0.15) is 5.10 Å². The monoisotopic (exact) mass is 317 g/mol. The number of aromatic nitrogens is 2. The van der Waals surface area contributed by atoms with Crippen LogP contribution in [0, 0.1) is 24.2 Å². The van der Waals surface area contributed by atoms with Crippen LogP contribution in [0.2, 0.25) is 0 Å². The van der Waals surface area contributed by atoms with Crippen molar-refractivity contribution in [1.29, 1.82) is 0 Å². The standard InChI is InChI=1S/C18H27N3O2/c1-12-4-15(20-21(12)2)10-19-18-8-13-5-14(9-18)7-17(6-13,11-18)16(22)23-3/h4,13-14,19H,5-11H2,1-3H3. The number of carbonyl (C=O) groups is 1. The van der Waals surface area contributed by atoms with Crippen LogP contribution in [-0.4, -0.2) is 28.4 Å². The van der Waals surface area contributed by atoms with Crippen LogP contribution >= 0.6 is 0 Å². The summed E-state index contributed by atoms with van der Waals surface area (Å²) in [4.78, 5) is 12.5. The minimum absolute atomic E-state index is 0.0199. The van der Waals surface area contributed by atoms with Crippen LogP contribution in [-0.2, 0) is 23.1 Å². The summed E-state index contributed by atoms with van der Waals surface area (Å²) in [6.45, 7) is 2.87. The molecule has 4 saturated carbocycles. The summed E-state index contributed by atoms with van der Waals surface area (Å²) < 4.78 is 7.10. The van der Waals surface area contributed by atoms with Gasteiger partial charge in [-0.25, -0.2) is 0 Å². The van der Waals surface area contributed by atoms with E-state index >= 15 is 0 Å². The fraction of sp³-hybridized carbons (Fsp3) is 0.778. The largest absolute Gasteiger partial charge is 0.469 e. The van der Waals surface area contributed by atoms with E-state index in [0.29, 0.717) is 11.8 Å². The fourth-order valence-electron chi connectivity index (χ4n) is 5.92. The van der Waals surface area contributed by atoms with Crippen LogP contribution in [0.4, 0.5) is 0 Å². The molecule has 0 amide bonds. The molecule has 1 heterocycles. The number of hydrogen-bond donors (Lipinski definition) is 1. The van der Waals surface area contributed by atoms with Crippen LogP contribution in [0.15, 0.2) is 6.07 Å². The Hall–Kier alpha value is -1.36. The smallest absolute Gasteiger partial charge is 0.311 e. The summed E-state index contributed by atoms with van der Waals surface area (Å²) in [6, 6.07) is 2.14. The van der Waals surface area contributed by atoms with E-state index in [0.717, 1.165) is 31.5 Å². The summed E-state index contributed by atoms with van der Waals surface area (Å²) >= 11 is 0. The molecule has 0 saturated heterocycles. The van der Waals surface area contributed by atoms with E-state index in [1.165, 1.54) is 32.1 Å². The summed E-state index contributed by atoms with van der Waals surface area (Å²) in [5, 5.41) is 8.36. The van der Waals surface area contributed by atoms with Gasteiger partial charge < -0.3 is 10.1 Å². The van der Waals surface area contributed by atoms with Gasteiger partial charge in [0.05, 0.1) is 18.2 Å². The van der Waals surface area contributed by atoms with Crippen LogP contribution < -0.4 is 5.32 Å². The number of ether oxygens (including phenoxy) is 1. The molecule has 5 rings (SSSR count). The molecule has 2 unspecified atom stereocenters. The second kappa shape index (κ2) is 5.07. The highest BCUT2D eigenvalue weighted by molar-refractivity contribution is 5.77. The summed E-state index contributed by atoms with van der Waals surface area (Å²) in [5.41, 5.74) is 2.14. The lowest BCUT2D eigenvalue weighted by Gasteiger charge is -2.61. The van der Waals surface area contributed by atoms with Gasteiger partial charge in [0, 0.05) is 24.8 Å². The highest BCUT2D eigenvalue weighted by atomic mass is 16.5. The average molecular weight is 317 g/mol. The molecule has 5 heteroatoms. The number of methoxy groups -OCH3 is 1. The first-order chi connectivity index (χ1) is 10.9.